The highest BCUT2D eigenvalue weighted by molar-refractivity contribution is 5.77. The average Bonchev–Trinajstić information content (AvgIpc) is 2.45. The molecule has 0 saturated heterocycles. The van der Waals surface area contributed by atoms with Gasteiger partial charge in [0.2, 0.25) is 5.95 Å². The largest absolute Gasteiger partial charge is 0.480 e. The van der Waals surface area contributed by atoms with Gasteiger partial charge in [-0.3, -0.25) is 9.97 Å². The number of carbonyl (C=O) groups is 1. The smallest absolute Gasteiger partial charge is 0.326 e. The molecule has 0 spiro atoms. The molecular formula is C13H15N5O2. The Kier molecular flexibility index (Phi) is 4.19. The Morgan fingerprint density at radius 2 is 2.00 bits per heavy atom. The summed E-state index contributed by atoms with van der Waals surface area (Å²) < 4.78 is 0. The minimum Gasteiger partial charge on any atom is -0.480 e. The normalized spacial score (nSPS) is 12.2. The van der Waals surface area contributed by atoms with E-state index in [0.29, 0.717) is 11.4 Å². The number of nitrogens with one attached hydrogen (secondary N) is 1. The Bertz CT molecular complexity index is 588. The minimum atomic E-state index is -0.937. The van der Waals surface area contributed by atoms with Crippen LogP contribution >= 0.6 is 0 Å². The molecule has 0 bridgehead atoms. The fraction of sp³-hybridized carbons (Fsp3) is 0.308. The Balaban J connectivity index is 2.24. The summed E-state index contributed by atoms with van der Waals surface area (Å²) in [5, 5.41) is 12.0. The lowest BCUT2D eigenvalue weighted by Gasteiger charge is -2.17. The van der Waals surface area contributed by atoms with Crippen LogP contribution in [0.2, 0.25) is 0 Å². The first-order valence-corrected chi connectivity index (χ1v) is 6.16. The predicted molar refractivity (Wildman–Crippen MR) is 72.9 cm³/mol. The number of hydrogen-bond acceptors (Lipinski definition) is 6. The van der Waals surface area contributed by atoms with E-state index in [-0.39, 0.29) is 11.9 Å². The van der Waals surface area contributed by atoms with Gasteiger partial charge in [0.1, 0.15) is 11.7 Å². The van der Waals surface area contributed by atoms with Crippen molar-refractivity contribution in [3.8, 4) is 11.4 Å². The number of hydrogen-bond donors (Lipinski definition) is 2. The van der Waals surface area contributed by atoms with Crippen LogP contribution in [0.1, 0.15) is 13.8 Å². The maximum absolute atomic E-state index is 11.2. The molecule has 2 aromatic heterocycles. The topological polar surface area (TPSA) is 101 Å². The molecule has 0 saturated carbocycles. The Morgan fingerprint density at radius 3 is 2.60 bits per heavy atom. The first-order valence-electron chi connectivity index (χ1n) is 6.16. The fourth-order valence-electron chi connectivity index (χ4n) is 1.65. The molecule has 2 heterocycles. The number of nitrogens with zero attached hydrogens (tertiary/aromatic N) is 4. The SMILES string of the molecule is CC(C)[C@@H](Nc1nccc(-c2cnccn2)n1)C(=O)O. The molecule has 20 heavy (non-hydrogen) atoms. The minimum absolute atomic E-state index is 0.0868. The maximum atomic E-state index is 11.2. The quantitative estimate of drug-likeness (QED) is 0.850. The summed E-state index contributed by atoms with van der Waals surface area (Å²) in [6, 6.07) is 0.951. The molecule has 0 amide bonds. The van der Waals surface area contributed by atoms with Gasteiger partial charge in [0.15, 0.2) is 0 Å². The number of aromatic nitrogens is 4. The van der Waals surface area contributed by atoms with Crippen LogP contribution in [0.5, 0.6) is 0 Å². The molecule has 0 aliphatic carbocycles. The summed E-state index contributed by atoms with van der Waals surface area (Å²) >= 11 is 0. The van der Waals surface area contributed by atoms with Crippen molar-refractivity contribution in [1.82, 2.24) is 19.9 Å². The first-order chi connectivity index (χ1) is 9.58. The van der Waals surface area contributed by atoms with Gasteiger partial charge in [-0.05, 0) is 12.0 Å². The molecule has 2 aromatic rings. The van der Waals surface area contributed by atoms with E-state index in [1.165, 1.54) is 0 Å². The second-order valence-corrected chi connectivity index (χ2v) is 4.56. The van der Waals surface area contributed by atoms with Crippen LogP contribution in [0, 0.1) is 5.92 Å². The molecule has 7 nitrogen and oxygen atoms in total. The third-order valence-corrected chi connectivity index (χ3v) is 2.70. The molecule has 2 rings (SSSR count). The van der Waals surface area contributed by atoms with Gasteiger partial charge in [0, 0.05) is 18.6 Å². The molecule has 0 unspecified atom stereocenters. The molecular weight excluding hydrogens is 258 g/mol. The van der Waals surface area contributed by atoms with Gasteiger partial charge in [0.05, 0.1) is 11.9 Å². The van der Waals surface area contributed by atoms with Crippen LogP contribution in [0.3, 0.4) is 0 Å². The molecule has 0 aliphatic rings. The monoisotopic (exact) mass is 273 g/mol. The molecule has 104 valence electrons. The number of rotatable bonds is 5. The van der Waals surface area contributed by atoms with Crippen molar-refractivity contribution < 1.29 is 9.90 Å². The molecule has 2 N–H and O–H groups in total. The highest BCUT2D eigenvalue weighted by atomic mass is 16.4. The second-order valence-electron chi connectivity index (χ2n) is 4.56. The Hall–Kier alpha value is -2.57. The summed E-state index contributed by atoms with van der Waals surface area (Å²) in [7, 11) is 0. The number of aliphatic carboxylic acids is 1. The van der Waals surface area contributed by atoms with Gasteiger partial charge >= 0.3 is 5.97 Å². The molecule has 1 atom stereocenters. The number of carboxylic acid groups (broad SMARTS) is 1. The van der Waals surface area contributed by atoms with Crippen LogP contribution in [-0.2, 0) is 4.79 Å². The van der Waals surface area contributed by atoms with Crippen molar-refractivity contribution in [2.24, 2.45) is 5.92 Å². The lowest BCUT2D eigenvalue weighted by atomic mass is 10.1. The van der Waals surface area contributed by atoms with E-state index < -0.39 is 12.0 Å². The van der Waals surface area contributed by atoms with Crippen molar-refractivity contribution in [2.75, 3.05) is 5.32 Å². The summed E-state index contributed by atoms with van der Waals surface area (Å²) in [4.78, 5) is 27.6. The Morgan fingerprint density at radius 1 is 1.20 bits per heavy atom. The van der Waals surface area contributed by atoms with Gasteiger partial charge in [-0.2, -0.15) is 0 Å². The van der Waals surface area contributed by atoms with Crippen molar-refractivity contribution in [1.29, 1.82) is 0 Å². The van der Waals surface area contributed by atoms with Gasteiger partial charge in [-0.15, -0.1) is 0 Å². The van der Waals surface area contributed by atoms with Crippen LogP contribution in [0.25, 0.3) is 11.4 Å². The van der Waals surface area contributed by atoms with E-state index in [9.17, 15) is 4.79 Å². The third kappa shape index (κ3) is 3.25. The van der Waals surface area contributed by atoms with Crippen molar-refractivity contribution in [2.45, 2.75) is 19.9 Å². The van der Waals surface area contributed by atoms with Crippen molar-refractivity contribution >= 4 is 11.9 Å². The van der Waals surface area contributed by atoms with E-state index >= 15 is 0 Å². The summed E-state index contributed by atoms with van der Waals surface area (Å²) in [5.41, 5.74) is 1.19. The van der Waals surface area contributed by atoms with E-state index in [4.69, 9.17) is 5.11 Å². The van der Waals surface area contributed by atoms with Crippen molar-refractivity contribution in [3.63, 3.8) is 0 Å². The third-order valence-electron chi connectivity index (χ3n) is 2.70. The number of carboxylic acids is 1. The molecule has 7 heteroatoms. The zero-order chi connectivity index (χ0) is 14.5. The molecule has 0 fully saturated rings. The Labute approximate surface area is 116 Å². The van der Waals surface area contributed by atoms with Gasteiger partial charge in [-0.25, -0.2) is 14.8 Å². The van der Waals surface area contributed by atoms with E-state index in [0.717, 1.165) is 0 Å². The number of anilines is 1. The lowest BCUT2D eigenvalue weighted by Crippen LogP contribution is -2.34. The van der Waals surface area contributed by atoms with E-state index in [1.807, 2.05) is 13.8 Å². The van der Waals surface area contributed by atoms with Crippen LogP contribution in [0.15, 0.2) is 30.9 Å². The van der Waals surface area contributed by atoms with Crippen LogP contribution in [-0.4, -0.2) is 37.1 Å². The van der Waals surface area contributed by atoms with Crippen molar-refractivity contribution in [3.05, 3.63) is 30.9 Å². The molecule has 0 radical (unpaired) electrons. The van der Waals surface area contributed by atoms with Gasteiger partial charge in [0.25, 0.3) is 0 Å². The standard InChI is InChI=1S/C13H15N5O2/c1-8(2)11(12(19)20)18-13-16-4-3-9(17-13)10-7-14-5-6-15-10/h3-8,11H,1-2H3,(H,19,20)(H,16,17,18)/t11-/m1/s1. The van der Waals surface area contributed by atoms with Crippen LogP contribution in [0.4, 0.5) is 5.95 Å². The zero-order valence-electron chi connectivity index (χ0n) is 11.2. The summed E-state index contributed by atoms with van der Waals surface area (Å²) in [5.74, 6) is -0.765. The highest BCUT2D eigenvalue weighted by Gasteiger charge is 2.22. The van der Waals surface area contributed by atoms with E-state index in [2.05, 4.69) is 25.3 Å². The lowest BCUT2D eigenvalue weighted by molar-refractivity contribution is -0.138. The predicted octanol–water partition coefficient (Wildman–Crippen LogP) is 1.45. The average molecular weight is 273 g/mol. The summed E-state index contributed by atoms with van der Waals surface area (Å²) in [6.07, 6.45) is 6.28. The van der Waals surface area contributed by atoms with E-state index in [1.54, 1.807) is 30.9 Å². The molecule has 0 aromatic carbocycles. The fourth-order valence-corrected chi connectivity index (χ4v) is 1.65. The first kappa shape index (κ1) is 13.9. The second kappa shape index (κ2) is 6.05. The summed E-state index contributed by atoms with van der Waals surface area (Å²) in [6.45, 7) is 3.64. The van der Waals surface area contributed by atoms with Gasteiger partial charge in [-0.1, -0.05) is 13.8 Å². The van der Waals surface area contributed by atoms with Crippen LogP contribution < -0.4 is 5.32 Å². The highest BCUT2D eigenvalue weighted by Crippen LogP contribution is 2.15. The maximum Gasteiger partial charge on any atom is 0.326 e. The van der Waals surface area contributed by atoms with Gasteiger partial charge < -0.3 is 10.4 Å². The molecule has 0 aliphatic heterocycles. The zero-order valence-corrected chi connectivity index (χ0v) is 11.2.